The van der Waals surface area contributed by atoms with Gasteiger partial charge in [-0.2, -0.15) is 5.10 Å². The molecule has 3 aromatic rings. The second kappa shape index (κ2) is 8.31. The van der Waals surface area contributed by atoms with Crippen molar-refractivity contribution in [3.8, 4) is 5.75 Å². The number of hydrogen-bond acceptors (Lipinski definition) is 4. The molecule has 0 amide bonds. The van der Waals surface area contributed by atoms with E-state index in [4.69, 9.17) is 4.74 Å². The number of hydrogen-bond donors (Lipinski definition) is 1. The summed E-state index contributed by atoms with van der Waals surface area (Å²) in [6.45, 7) is 2.53. The molecule has 2 aromatic heterocycles. The highest BCUT2D eigenvalue weighted by molar-refractivity contribution is 5.22. The van der Waals surface area contributed by atoms with Crippen LogP contribution in [0.15, 0.2) is 54.9 Å². The van der Waals surface area contributed by atoms with E-state index in [0.717, 1.165) is 37.3 Å². The first-order valence-electron chi connectivity index (χ1n) is 9.33. The number of benzene rings is 1. The van der Waals surface area contributed by atoms with Crippen LogP contribution < -0.4 is 4.74 Å². The number of nitrogens with one attached hydrogen (secondary N) is 1. The maximum absolute atomic E-state index is 12.9. The lowest BCUT2D eigenvalue weighted by atomic mass is 10.1. The normalized spacial score (nSPS) is 17.3. The Morgan fingerprint density at radius 1 is 1.15 bits per heavy atom. The van der Waals surface area contributed by atoms with Gasteiger partial charge in [-0.15, -0.1) is 0 Å². The minimum absolute atomic E-state index is 0.256. The SMILES string of the molecule is Fc1ccc(OCCc2cc([C@@H]3CCCN3Cc3ccncc3)n[nH]2)cc1. The highest BCUT2D eigenvalue weighted by atomic mass is 19.1. The average molecular weight is 366 g/mol. The number of rotatable bonds is 7. The molecule has 4 rings (SSSR count). The minimum Gasteiger partial charge on any atom is -0.493 e. The number of nitrogens with zero attached hydrogens (tertiary/aromatic N) is 3. The predicted molar refractivity (Wildman–Crippen MR) is 101 cm³/mol. The third-order valence-corrected chi connectivity index (χ3v) is 4.94. The van der Waals surface area contributed by atoms with E-state index in [1.807, 2.05) is 12.4 Å². The first-order valence-corrected chi connectivity index (χ1v) is 9.33. The molecule has 27 heavy (non-hydrogen) atoms. The second-order valence-corrected chi connectivity index (χ2v) is 6.85. The predicted octanol–water partition coefficient (Wildman–Crippen LogP) is 3.90. The van der Waals surface area contributed by atoms with Gasteiger partial charge in [-0.25, -0.2) is 4.39 Å². The Bertz CT molecular complexity index is 850. The summed E-state index contributed by atoms with van der Waals surface area (Å²) in [6.07, 6.45) is 6.73. The summed E-state index contributed by atoms with van der Waals surface area (Å²) in [5, 5.41) is 7.68. The molecular formula is C21H23FN4O. The van der Waals surface area contributed by atoms with Gasteiger partial charge < -0.3 is 4.74 Å². The fraction of sp³-hybridized carbons (Fsp3) is 0.333. The van der Waals surface area contributed by atoms with Crippen LogP contribution in [0, 0.1) is 5.82 Å². The number of H-pyrrole nitrogens is 1. The first kappa shape index (κ1) is 17.7. The van der Waals surface area contributed by atoms with Gasteiger partial charge in [0.25, 0.3) is 0 Å². The van der Waals surface area contributed by atoms with Crippen LogP contribution >= 0.6 is 0 Å². The zero-order valence-corrected chi connectivity index (χ0v) is 15.1. The monoisotopic (exact) mass is 366 g/mol. The molecule has 0 radical (unpaired) electrons. The molecule has 1 aromatic carbocycles. The van der Waals surface area contributed by atoms with Gasteiger partial charge in [0.05, 0.1) is 18.3 Å². The second-order valence-electron chi connectivity index (χ2n) is 6.85. The van der Waals surface area contributed by atoms with Gasteiger partial charge in [0, 0.05) is 31.1 Å². The lowest BCUT2D eigenvalue weighted by molar-refractivity contribution is 0.244. The van der Waals surface area contributed by atoms with Crippen molar-refractivity contribution in [2.75, 3.05) is 13.2 Å². The largest absolute Gasteiger partial charge is 0.493 e. The Labute approximate surface area is 158 Å². The molecule has 0 unspecified atom stereocenters. The fourth-order valence-electron chi connectivity index (χ4n) is 3.56. The molecule has 1 saturated heterocycles. The third kappa shape index (κ3) is 4.52. The Morgan fingerprint density at radius 3 is 2.78 bits per heavy atom. The molecule has 5 nitrogen and oxygen atoms in total. The van der Waals surface area contributed by atoms with Gasteiger partial charge in [0.1, 0.15) is 11.6 Å². The molecule has 0 aliphatic carbocycles. The molecule has 1 atom stereocenters. The zero-order chi connectivity index (χ0) is 18.5. The number of pyridine rings is 1. The van der Waals surface area contributed by atoms with Crippen LogP contribution in [0.4, 0.5) is 4.39 Å². The number of aromatic amines is 1. The van der Waals surface area contributed by atoms with Crippen molar-refractivity contribution in [3.05, 3.63) is 77.6 Å². The Kier molecular flexibility index (Phi) is 5.44. The summed E-state index contributed by atoms with van der Waals surface area (Å²) in [5.41, 5.74) is 3.43. The van der Waals surface area contributed by atoms with E-state index in [1.165, 1.54) is 24.1 Å². The molecular weight excluding hydrogens is 343 g/mol. The van der Waals surface area contributed by atoms with Gasteiger partial charge in [-0.3, -0.25) is 15.0 Å². The van der Waals surface area contributed by atoms with E-state index >= 15 is 0 Å². The standard InChI is InChI=1S/C21H23FN4O/c22-17-3-5-19(6-4-17)27-13-9-18-14-20(25-24-18)21-2-1-12-26(21)15-16-7-10-23-11-8-16/h3-8,10-11,14,21H,1-2,9,12-13,15H2,(H,24,25)/t21-/m0/s1. The molecule has 3 heterocycles. The van der Waals surface area contributed by atoms with E-state index in [1.54, 1.807) is 12.1 Å². The van der Waals surface area contributed by atoms with Crippen molar-refractivity contribution in [1.82, 2.24) is 20.1 Å². The topological polar surface area (TPSA) is 54.0 Å². The zero-order valence-electron chi connectivity index (χ0n) is 15.1. The van der Waals surface area contributed by atoms with E-state index in [9.17, 15) is 4.39 Å². The number of ether oxygens (including phenoxy) is 1. The summed E-state index contributed by atoms with van der Waals surface area (Å²) in [6, 6.07) is 12.7. The lowest BCUT2D eigenvalue weighted by Crippen LogP contribution is -2.23. The molecule has 6 heteroatoms. The molecule has 1 aliphatic rings. The Hall–Kier alpha value is -2.73. The minimum atomic E-state index is -0.256. The van der Waals surface area contributed by atoms with Gasteiger partial charge in [-0.1, -0.05) is 0 Å². The van der Waals surface area contributed by atoms with Gasteiger partial charge in [0.15, 0.2) is 0 Å². The van der Waals surface area contributed by atoms with Gasteiger partial charge in [0.2, 0.25) is 0 Å². The maximum Gasteiger partial charge on any atom is 0.123 e. The summed E-state index contributed by atoms with van der Waals surface area (Å²) in [5.74, 6) is 0.420. The molecule has 1 N–H and O–H groups in total. The summed E-state index contributed by atoms with van der Waals surface area (Å²) >= 11 is 0. The first-order chi connectivity index (χ1) is 13.3. The quantitative estimate of drug-likeness (QED) is 0.689. The van der Waals surface area contributed by atoms with Crippen LogP contribution in [0.3, 0.4) is 0 Å². The summed E-state index contributed by atoms with van der Waals surface area (Å²) < 4.78 is 18.6. The van der Waals surface area contributed by atoms with Crippen LogP contribution in [0.25, 0.3) is 0 Å². The van der Waals surface area contributed by atoms with Crippen molar-refractivity contribution in [2.24, 2.45) is 0 Å². The van der Waals surface area contributed by atoms with Gasteiger partial charge >= 0.3 is 0 Å². The molecule has 0 bridgehead atoms. The lowest BCUT2D eigenvalue weighted by Gasteiger charge is -2.22. The molecule has 0 spiro atoms. The number of aromatic nitrogens is 3. The van der Waals surface area contributed by atoms with Crippen molar-refractivity contribution >= 4 is 0 Å². The van der Waals surface area contributed by atoms with Crippen molar-refractivity contribution in [2.45, 2.75) is 31.8 Å². The van der Waals surface area contributed by atoms with Crippen LogP contribution in [0.5, 0.6) is 5.75 Å². The molecule has 140 valence electrons. The van der Waals surface area contributed by atoms with E-state index in [2.05, 4.69) is 38.3 Å². The van der Waals surface area contributed by atoms with E-state index < -0.39 is 0 Å². The van der Waals surface area contributed by atoms with Crippen LogP contribution in [0.2, 0.25) is 0 Å². The van der Waals surface area contributed by atoms with Crippen molar-refractivity contribution in [3.63, 3.8) is 0 Å². The van der Waals surface area contributed by atoms with Crippen LogP contribution in [-0.4, -0.2) is 33.2 Å². The Morgan fingerprint density at radius 2 is 1.96 bits per heavy atom. The maximum atomic E-state index is 12.9. The highest BCUT2D eigenvalue weighted by Gasteiger charge is 2.27. The number of halogens is 1. The van der Waals surface area contributed by atoms with Crippen LogP contribution in [0.1, 0.15) is 35.8 Å². The molecule has 1 aliphatic heterocycles. The van der Waals surface area contributed by atoms with Crippen molar-refractivity contribution < 1.29 is 9.13 Å². The number of likely N-dealkylation sites (tertiary alicyclic amines) is 1. The Balaban J connectivity index is 1.33. The smallest absolute Gasteiger partial charge is 0.123 e. The van der Waals surface area contributed by atoms with E-state index in [0.29, 0.717) is 18.4 Å². The van der Waals surface area contributed by atoms with Crippen LogP contribution in [-0.2, 0) is 13.0 Å². The fourth-order valence-corrected chi connectivity index (χ4v) is 3.56. The summed E-state index contributed by atoms with van der Waals surface area (Å²) in [4.78, 5) is 6.57. The average Bonchev–Trinajstić information content (AvgIpc) is 3.33. The van der Waals surface area contributed by atoms with Gasteiger partial charge in [-0.05, 0) is 67.4 Å². The summed E-state index contributed by atoms with van der Waals surface area (Å²) in [7, 11) is 0. The third-order valence-electron chi connectivity index (χ3n) is 4.94. The highest BCUT2D eigenvalue weighted by Crippen LogP contribution is 2.32. The molecule has 1 fully saturated rings. The molecule has 0 saturated carbocycles. The van der Waals surface area contributed by atoms with Crippen molar-refractivity contribution in [1.29, 1.82) is 0 Å². The van der Waals surface area contributed by atoms with E-state index in [-0.39, 0.29) is 5.82 Å².